The number of aromatic amines is 1. The van der Waals surface area contributed by atoms with Crippen LogP contribution >= 0.6 is 0 Å². The molecule has 1 aliphatic rings. The van der Waals surface area contributed by atoms with Gasteiger partial charge < -0.3 is 5.73 Å². The molecule has 0 bridgehead atoms. The summed E-state index contributed by atoms with van der Waals surface area (Å²) in [6.07, 6.45) is 5.12. The molecule has 17 heavy (non-hydrogen) atoms. The van der Waals surface area contributed by atoms with E-state index in [1.807, 2.05) is 6.92 Å². The zero-order valence-electron chi connectivity index (χ0n) is 9.86. The van der Waals surface area contributed by atoms with E-state index in [4.69, 9.17) is 5.73 Å². The lowest BCUT2D eigenvalue weighted by Gasteiger charge is -2.41. The Hall–Kier alpha value is -0.920. The molecule has 0 atom stereocenters. The molecule has 7 heteroatoms. The van der Waals surface area contributed by atoms with Gasteiger partial charge in [0.05, 0.1) is 6.20 Å². The molecule has 0 aliphatic heterocycles. The molecule has 0 radical (unpaired) electrons. The third kappa shape index (κ3) is 2.22. The topological polar surface area (TPSA) is 101 Å². The summed E-state index contributed by atoms with van der Waals surface area (Å²) in [6, 6.07) is 0. The van der Waals surface area contributed by atoms with Gasteiger partial charge in [-0.15, -0.1) is 0 Å². The normalized spacial score (nSPS) is 18.9. The van der Waals surface area contributed by atoms with Gasteiger partial charge in [-0.05, 0) is 25.7 Å². The van der Waals surface area contributed by atoms with Crippen molar-refractivity contribution < 1.29 is 8.42 Å². The second kappa shape index (κ2) is 4.40. The number of H-pyrrole nitrogens is 1. The van der Waals surface area contributed by atoms with Gasteiger partial charge >= 0.3 is 0 Å². The number of nitrogens with two attached hydrogens (primary N) is 1. The highest BCUT2D eigenvalue weighted by atomic mass is 32.2. The molecule has 0 aromatic carbocycles. The maximum atomic E-state index is 12.2. The number of sulfonamides is 1. The van der Waals surface area contributed by atoms with Crippen molar-refractivity contribution in [3.8, 4) is 0 Å². The average molecular weight is 258 g/mol. The van der Waals surface area contributed by atoms with Gasteiger partial charge in [0.1, 0.15) is 0 Å². The number of nitrogens with zero attached hydrogens (tertiary/aromatic N) is 1. The van der Waals surface area contributed by atoms with Crippen molar-refractivity contribution in [3.05, 3.63) is 11.8 Å². The van der Waals surface area contributed by atoms with Crippen LogP contribution in [0.4, 0.5) is 0 Å². The van der Waals surface area contributed by atoms with E-state index in [1.165, 1.54) is 6.20 Å². The van der Waals surface area contributed by atoms with Gasteiger partial charge in [-0.3, -0.25) is 5.10 Å². The highest BCUT2D eigenvalue weighted by Gasteiger charge is 2.39. The summed E-state index contributed by atoms with van der Waals surface area (Å²) < 4.78 is 27.2. The summed E-state index contributed by atoms with van der Waals surface area (Å²) in [4.78, 5) is 0. The van der Waals surface area contributed by atoms with E-state index in [1.54, 1.807) is 0 Å². The minimum absolute atomic E-state index is 0.0970. The van der Waals surface area contributed by atoms with Crippen molar-refractivity contribution in [1.82, 2.24) is 14.9 Å². The van der Waals surface area contributed by atoms with Crippen LogP contribution in [-0.2, 0) is 16.6 Å². The van der Waals surface area contributed by atoms with Gasteiger partial charge in [0.15, 0.2) is 5.03 Å². The van der Waals surface area contributed by atoms with Gasteiger partial charge in [-0.2, -0.15) is 5.10 Å². The Morgan fingerprint density at radius 2 is 2.29 bits per heavy atom. The summed E-state index contributed by atoms with van der Waals surface area (Å²) in [5.74, 6) is 0. The summed E-state index contributed by atoms with van der Waals surface area (Å²) in [7, 11) is -3.54. The van der Waals surface area contributed by atoms with E-state index in [-0.39, 0.29) is 17.1 Å². The standard InChI is InChI=1S/C10H18N4O2S/c1-2-10(4-3-5-10)14-17(15,16)9-8(6-11)7-12-13-9/h7,14H,2-6,11H2,1H3,(H,12,13). The van der Waals surface area contributed by atoms with Gasteiger partial charge in [0.25, 0.3) is 10.0 Å². The third-order valence-electron chi connectivity index (χ3n) is 3.51. The van der Waals surface area contributed by atoms with Crippen LogP contribution in [0.15, 0.2) is 11.2 Å². The Morgan fingerprint density at radius 3 is 2.76 bits per heavy atom. The Labute approximate surface area is 101 Å². The van der Waals surface area contributed by atoms with E-state index < -0.39 is 10.0 Å². The molecule has 0 saturated heterocycles. The molecule has 0 amide bonds. The number of rotatable bonds is 5. The molecule has 0 unspecified atom stereocenters. The number of nitrogens with one attached hydrogen (secondary N) is 2. The van der Waals surface area contributed by atoms with Gasteiger partial charge in [0, 0.05) is 17.6 Å². The molecular formula is C10H18N4O2S. The van der Waals surface area contributed by atoms with Crippen LogP contribution in [0.5, 0.6) is 0 Å². The van der Waals surface area contributed by atoms with E-state index >= 15 is 0 Å². The lowest BCUT2D eigenvalue weighted by atomic mass is 9.76. The van der Waals surface area contributed by atoms with Crippen molar-refractivity contribution in [2.45, 2.75) is 49.7 Å². The fourth-order valence-electron chi connectivity index (χ4n) is 2.14. The largest absolute Gasteiger partial charge is 0.326 e. The summed E-state index contributed by atoms with van der Waals surface area (Å²) in [5, 5.41) is 6.34. The molecule has 1 aromatic heterocycles. The molecule has 96 valence electrons. The molecule has 0 spiro atoms. The predicted molar refractivity (Wildman–Crippen MR) is 63.7 cm³/mol. The van der Waals surface area contributed by atoms with Crippen LogP contribution in [-0.4, -0.2) is 24.2 Å². The number of aromatic nitrogens is 2. The van der Waals surface area contributed by atoms with Crippen molar-refractivity contribution in [1.29, 1.82) is 0 Å². The molecule has 1 saturated carbocycles. The highest BCUT2D eigenvalue weighted by Crippen LogP contribution is 2.36. The minimum Gasteiger partial charge on any atom is -0.326 e. The smallest absolute Gasteiger partial charge is 0.258 e. The Balaban J connectivity index is 2.25. The summed E-state index contributed by atoms with van der Waals surface area (Å²) >= 11 is 0. The Bertz CT molecular complexity index is 485. The summed E-state index contributed by atoms with van der Waals surface area (Å²) in [6.45, 7) is 2.16. The van der Waals surface area contributed by atoms with E-state index in [2.05, 4.69) is 14.9 Å². The molecule has 6 nitrogen and oxygen atoms in total. The maximum Gasteiger partial charge on any atom is 0.258 e. The molecular weight excluding hydrogens is 240 g/mol. The Kier molecular flexibility index (Phi) is 3.24. The van der Waals surface area contributed by atoms with E-state index in [0.29, 0.717) is 5.56 Å². The van der Waals surface area contributed by atoms with Gasteiger partial charge in [-0.1, -0.05) is 6.92 Å². The number of hydrogen-bond acceptors (Lipinski definition) is 4. The van der Waals surface area contributed by atoms with Gasteiger partial charge in [-0.25, -0.2) is 13.1 Å². The van der Waals surface area contributed by atoms with Crippen LogP contribution in [0.25, 0.3) is 0 Å². The Morgan fingerprint density at radius 1 is 1.59 bits per heavy atom. The van der Waals surface area contributed by atoms with Crippen molar-refractivity contribution in [3.63, 3.8) is 0 Å². The second-order valence-corrected chi connectivity index (χ2v) is 6.14. The van der Waals surface area contributed by atoms with Crippen molar-refractivity contribution >= 4 is 10.0 Å². The van der Waals surface area contributed by atoms with Crippen molar-refractivity contribution in [2.24, 2.45) is 5.73 Å². The molecule has 1 heterocycles. The van der Waals surface area contributed by atoms with E-state index in [0.717, 1.165) is 25.7 Å². The zero-order chi connectivity index (χ0) is 12.5. The first-order chi connectivity index (χ1) is 8.03. The zero-order valence-corrected chi connectivity index (χ0v) is 10.7. The van der Waals surface area contributed by atoms with Crippen LogP contribution in [0, 0.1) is 0 Å². The van der Waals surface area contributed by atoms with Crippen LogP contribution in [0.1, 0.15) is 38.2 Å². The fourth-order valence-corrected chi connectivity index (χ4v) is 3.82. The van der Waals surface area contributed by atoms with E-state index in [9.17, 15) is 8.42 Å². The predicted octanol–water partition coefficient (Wildman–Crippen LogP) is 0.479. The van der Waals surface area contributed by atoms with Crippen molar-refractivity contribution in [2.75, 3.05) is 0 Å². The van der Waals surface area contributed by atoms with Crippen LogP contribution in [0.3, 0.4) is 0 Å². The first kappa shape index (κ1) is 12.5. The maximum absolute atomic E-state index is 12.2. The minimum atomic E-state index is -3.54. The molecule has 1 aliphatic carbocycles. The van der Waals surface area contributed by atoms with Gasteiger partial charge in [0.2, 0.25) is 0 Å². The third-order valence-corrected chi connectivity index (χ3v) is 5.10. The monoisotopic (exact) mass is 258 g/mol. The molecule has 1 fully saturated rings. The quantitative estimate of drug-likeness (QED) is 0.715. The molecule has 1 aromatic rings. The SMILES string of the molecule is CCC1(NS(=O)(=O)c2[nH]ncc2CN)CCC1. The van der Waals surface area contributed by atoms with Crippen LogP contribution in [0.2, 0.25) is 0 Å². The second-order valence-electron chi connectivity index (χ2n) is 4.52. The molecule has 4 N–H and O–H groups in total. The van der Waals surface area contributed by atoms with Crippen LogP contribution < -0.4 is 10.5 Å². The first-order valence-electron chi connectivity index (χ1n) is 5.79. The molecule has 2 rings (SSSR count). The average Bonchev–Trinajstić information content (AvgIpc) is 2.72. The lowest BCUT2D eigenvalue weighted by Crippen LogP contribution is -2.53. The number of hydrogen-bond donors (Lipinski definition) is 3. The highest BCUT2D eigenvalue weighted by molar-refractivity contribution is 7.89. The fraction of sp³-hybridized carbons (Fsp3) is 0.700. The first-order valence-corrected chi connectivity index (χ1v) is 7.27. The lowest BCUT2D eigenvalue weighted by molar-refractivity contribution is 0.213. The summed E-state index contributed by atoms with van der Waals surface area (Å²) in [5.41, 5.74) is 5.73.